The van der Waals surface area contributed by atoms with E-state index in [0.29, 0.717) is 0 Å². The molecule has 1 rings (SSSR count). The van der Waals surface area contributed by atoms with Crippen LogP contribution in [0.2, 0.25) is 0 Å². The largest absolute Gasteiger partial charge is 0.416 e. The molecule has 6 heteroatoms. The lowest BCUT2D eigenvalue weighted by Gasteiger charge is -2.09. The van der Waals surface area contributed by atoms with E-state index in [0.717, 1.165) is 12.1 Å². The Morgan fingerprint density at radius 3 is 2.67 bits per heavy atom. The van der Waals surface area contributed by atoms with Gasteiger partial charge in [-0.2, -0.15) is 13.2 Å². The van der Waals surface area contributed by atoms with Crippen molar-refractivity contribution in [3.05, 3.63) is 35.4 Å². The van der Waals surface area contributed by atoms with Crippen LogP contribution < -0.4 is 5.32 Å². The van der Waals surface area contributed by atoms with Crippen molar-refractivity contribution in [3.8, 4) is 0 Å². The van der Waals surface area contributed by atoms with Gasteiger partial charge in [-0.25, -0.2) is 0 Å². The fraction of sp³-hybridized carbons (Fsp3) is 0.417. The second-order valence-electron chi connectivity index (χ2n) is 4.03. The van der Waals surface area contributed by atoms with Gasteiger partial charge in [-0.1, -0.05) is 18.2 Å². The summed E-state index contributed by atoms with van der Waals surface area (Å²) in [7, 11) is 0. The number of hydrogen-bond acceptors (Lipinski definition) is 2. The second kappa shape index (κ2) is 5.86. The average Bonchev–Trinajstić information content (AvgIpc) is 2.25. The summed E-state index contributed by atoms with van der Waals surface area (Å²) in [5, 5.41) is 11.4. The molecule has 3 nitrogen and oxygen atoms in total. The summed E-state index contributed by atoms with van der Waals surface area (Å²) in [5.74, 6) is -0.421. The number of alkyl halides is 3. The third-order valence-electron chi connectivity index (χ3n) is 2.21. The second-order valence-corrected chi connectivity index (χ2v) is 4.03. The molecular formula is C12H14F3NO2. The van der Waals surface area contributed by atoms with E-state index in [1.165, 1.54) is 19.1 Å². The van der Waals surface area contributed by atoms with E-state index in [1.54, 1.807) is 0 Å². The molecular weight excluding hydrogens is 247 g/mol. The molecule has 0 unspecified atom stereocenters. The van der Waals surface area contributed by atoms with Gasteiger partial charge in [-0.15, -0.1) is 0 Å². The highest BCUT2D eigenvalue weighted by atomic mass is 19.4. The SMILES string of the molecule is C[C@H](O)CNC(=O)Cc1cccc(C(F)(F)F)c1. The molecule has 0 aromatic heterocycles. The van der Waals surface area contributed by atoms with Gasteiger partial charge in [0.1, 0.15) is 0 Å². The van der Waals surface area contributed by atoms with Crippen molar-refractivity contribution in [2.75, 3.05) is 6.54 Å². The van der Waals surface area contributed by atoms with E-state index in [9.17, 15) is 18.0 Å². The Labute approximate surface area is 103 Å². The Bertz CT molecular complexity index is 416. The van der Waals surface area contributed by atoms with Crippen LogP contribution in [0.25, 0.3) is 0 Å². The standard InChI is InChI=1S/C12H14F3NO2/c1-8(17)7-16-11(18)6-9-3-2-4-10(5-9)12(13,14)15/h2-5,8,17H,6-7H2,1H3,(H,16,18)/t8-/m0/s1. The van der Waals surface area contributed by atoms with Crippen molar-refractivity contribution < 1.29 is 23.1 Å². The molecule has 0 radical (unpaired) electrons. The molecule has 100 valence electrons. The molecule has 2 N–H and O–H groups in total. The Hall–Kier alpha value is -1.56. The number of halogens is 3. The maximum Gasteiger partial charge on any atom is 0.416 e. The van der Waals surface area contributed by atoms with Crippen molar-refractivity contribution in [3.63, 3.8) is 0 Å². The van der Waals surface area contributed by atoms with Gasteiger partial charge in [0.25, 0.3) is 0 Å². The van der Waals surface area contributed by atoms with Gasteiger partial charge >= 0.3 is 6.18 Å². The predicted octanol–water partition coefficient (Wildman–Crippen LogP) is 1.74. The Kier molecular flexibility index (Phi) is 4.72. The molecule has 1 atom stereocenters. The van der Waals surface area contributed by atoms with Crippen LogP contribution in [0.3, 0.4) is 0 Å². The summed E-state index contributed by atoms with van der Waals surface area (Å²) in [6.45, 7) is 1.59. The highest BCUT2D eigenvalue weighted by molar-refractivity contribution is 5.78. The van der Waals surface area contributed by atoms with Crippen molar-refractivity contribution >= 4 is 5.91 Å². The van der Waals surface area contributed by atoms with Gasteiger partial charge in [0.15, 0.2) is 0 Å². The highest BCUT2D eigenvalue weighted by Crippen LogP contribution is 2.29. The molecule has 0 aliphatic heterocycles. The average molecular weight is 261 g/mol. The number of nitrogens with one attached hydrogen (secondary N) is 1. The maximum absolute atomic E-state index is 12.4. The summed E-state index contributed by atoms with van der Waals surface area (Å²) in [6, 6.07) is 4.62. The van der Waals surface area contributed by atoms with Crippen LogP contribution >= 0.6 is 0 Å². The third kappa shape index (κ3) is 4.75. The van der Waals surface area contributed by atoms with E-state index in [-0.39, 0.29) is 18.5 Å². The quantitative estimate of drug-likeness (QED) is 0.867. The first kappa shape index (κ1) is 14.5. The monoisotopic (exact) mass is 261 g/mol. The van der Waals surface area contributed by atoms with Crippen LogP contribution in [-0.2, 0) is 17.4 Å². The Morgan fingerprint density at radius 2 is 2.11 bits per heavy atom. The van der Waals surface area contributed by atoms with Crippen LogP contribution in [0.4, 0.5) is 13.2 Å². The molecule has 1 amide bonds. The number of aliphatic hydroxyl groups excluding tert-OH is 1. The fourth-order valence-electron chi connectivity index (χ4n) is 1.37. The lowest BCUT2D eigenvalue weighted by molar-refractivity contribution is -0.137. The van der Waals surface area contributed by atoms with Crippen LogP contribution in [-0.4, -0.2) is 23.7 Å². The number of rotatable bonds is 4. The summed E-state index contributed by atoms with van der Waals surface area (Å²) in [6.07, 6.45) is -5.24. The van der Waals surface area contributed by atoms with Crippen LogP contribution in [0.1, 0.15) is 18.1 Å². The minimum absolute atomic E-state index is 0.0811. The summed E-state index contributed by atoms with van der Waals surface area (Å²) < 4.78 is 37.3. The fourth-order valence-corrected chi connectivity index (χ4v) is 1.37. The van der Waals surface area contributed by atoms with Crippen LogP contribution in [0, 0.1) is 0 Å². The Morgan fingerprint density at radius 1 is 1.44 bits per heavy atom. The topological polar surface area (TPSA) is 49.3 Å². The highest BCUT2D eigenvalue weighted by Gasteiger charge is 2.30. The van der Waals surface area contributed by atoms with Crippen molar-refractivity contribution in [2.45, 2.75) is 25.6 Å². The number of carbonyl (C=O) groups excluding carboxylic acids is 1. The molecule has 0 bridgehead atoms. The summed E-state index contributed by atoms with van der Waals surface area (Å²) in [5.41, 5.74) is -0.490. The maximum atomic E-state index is 12.4. The lowest BCUT2D eigenvalue weighted by atomic mass is 10.1. The first-order valence-corrected chi connectivity index (χ1v) is 5.40. The zero-order valence-corrected chi connectivity index (χ0v) is 9.79. The summed E-state index contributed by atoms with van der Waals surface area (Å²) >= 11 is 0. The van der Waals surface area contributed by atoms with Crippen molar-refractivity contribution in [1.82, 2.24) is 5.32 Å². The zero-order valence-electron chi connectivity index (χ0n) is 9.79. The molecule has 18 heavy (non-hydrogen) atoms. The van der Waals surface area contributed by atoms with Gasteiger partial charge in [-0.3, -0.25) is 4.79 Å². The molecule has 0 heterocycles. The van der Waals surface area contributed by atoms with E-state index in [4.69, 9.17) is 5.11 Å². The normalized spacial score (nSPS) is 13.2. The molecule has 1 aromatic carbocycles. The predicted molar refractivity (Wildman–Crippen MR) is 59.8 cm³/mol. The van der Waals surface area contributed by atoms with Crippen LogP contribution in [0.5, 0.6) is 0 Å². The molecule has 0 fully saturated rings. The minimum atomic E-state index is -4.41. The molecule has 0 aliphatic rings. The van der Waals surface area contributed by atoms with Crippen LogP contribution in [0.15, 0.2) is 24.3 Å². The molecule has 0 spiro atoms. The zero-order chi connectivity index (χ0) is 13.8. The van der Waals surface area contributed by atoms with E-state index < -0.39 is 23.8 Å². The number of carbonyl (C=O) groups is 1. The molecule has 0 saturated heterocycles. The van der Waals surface area contributed by atoms with Gasteiger partial charge < -0.3 is 10.4 Å². The smallest absolute Gasteiger partial charge is 0.392 e. The molecule has 0 aliphatic carbocycles. The van der Waals surface area contributed by atoms with E-state index in [1.807, 2.05) is 0 Å². The van der Waals surface area contributed by atoms with Gasteiger partial charge in [-0.05, 0) is 18.6 Å². The number of amides is 1. The van der Waals surface area contributed by atoms with Gasteiger partial charge in [0, 0.05) is 6.54 Å². The number of aliphatic hydroxyl groups is 1. The van der Waals surface area contributed by atoms with Gasteiger partial charge in [0.05, 0.1) is 18.1 Å². The summed E-state index contributed by atoms with van der Waals surface area (Å²) in [4.78, 5) is 11.4. The Balaban J connectivity index is 2.65. The van der Waals surface area contributed by atoms with Gasteiger partial charge in [0.2, 0.25) is 5.91 Å². The number of benzene rings is 1. The van der Waals surface area contributed by atoms with Crippen molar-refractivity contribution in [2.24, 2.45) is 0 Å². The number of hydrogen-bond donors (Lipinski definition) is 2. The molecule has 1 aromatic rings. The first-order valence-electron chi connectivity index (χ1n) is 5.40. The first-order chi connectivity index (χ1) is 8.29. The van der Waals surface area contributed by atoms with Crippen molar-refractivity contribution in [1.29, 1.82) is 0 Å². The van der Waals surface area contributed by atoms with E-state index >= 15 is 0 Å². The minimum Gasteiger partial charge on any atom is -0.392 e. The lowest BCUT2D eigenvalue weighted by Crippen LogP contribution is -2.31. The molecule has 0 saturated carbocycles. The van der Waals surface area contributed by atoms with E-state index in [2.05, 4.69) is 5.32 Å². The third-order valence-corrected chi connectivity index (χ3v) is 2.21.